The molecule has 3 heterocycles. The maximum Gasteiger partial charge on any atom is 0.317 e. The number of amides is 3. The van der Waals surface area contributed by atoms with Crippen LogP contribution in [0.15, 0.2) is 24.3 Å². The molecule has 2 bridgehead atoms. The lowest BCUT2D eigenvalue weighted by Crippen LogP contribution is -2.60. The first-order valence-electron chi connectivity index (χ1n) is 12.6. The molecule has 5 rings (SSSR count). The van der Waals surface area contributed by atoms with Gasteiger partial charge in [-0.2, -0.15) is 0 Å². The van der Waals surface area contributed by atoms with Gasteiger partial charge in [-0.25, -0.2) is 14.8 Å². The van der Waals surface area contributed by atoms with Crippen LogP contribution in [0.2, 0.25) is 0 Å². The van der Waals surface area contributed by atoms with Crippen LogP contribution in [0.4, 0.5) is 10.6 Å². The molecule has 1 unspecified atom stereocenters. The van der Waals surface area contributed by atoms with Crippen LogP contribution in [0.3, 0.4) is 0 Å². The number of hydrogen-bond acceptors (Lipinski definition) is 6. The summed E-state index contributed by atoms with van der Waals surface area (Å²) in [6, 6.07) is 7.79. The highest BCUT2D eigenvalue weighted by molar-refractivity contribution is 5.92. The van der Waals surface area contributed by atoms with Crippen molar-refractivity contribution in [3.8, 4) is 0 Å². The second kappa shape index (κ2) is 9.74. The van der Waals surface area contributed by atoms with Crippen LogP contribution < -0.4 is 16.0 Å². The fourth-order valence-electron chi connectivity index (χ4n) is 5.31. The molecule has 34 heavy (non-hydrogen) atoms. The molecule has 2 atom stereocenters. The molecule has 3 aliphatic rings. The molecule has 2 aromatic rings. The normalized spacial score (nSPS) is 24.3. The average Bonchev–Trinajstić information content (AvgIpc) is 3.33. The number of rotatable bonds is 2. The molecule has 3 amide bonds. The number of carbonyl (C=O) groups is 2. The number of benzene rings is 1. The molecule has 1 aromatic heterocycles. The molecule has 2 fully saturated rings. The molecule has 2 aliphatic heterocycles. The first-order chi connectivity index (χ1) is 16.5. The molecule has 1 saturated carbocycles. The number of nitrogens with zero attached hydrogens (tertiary/aromatic N) is 4. The Morgan fingerprint density at radius 3 is 2.74 bits per heavy atom. The topological polar surface area (TPSA) is 102 Å². The zero-order valence-electron chi connectivity index (χ0n) is 20.1. The number of piperazine rings is 1. The number of para-hydroxylation sites is 1. The van der Waals surface area contributed by atoms with Crippen LogP contribution in [0, 0.1) is 5.92 Å². The molecule has 1 aromatic carbocycles. The summed E-state index contributed by atoms with van der Waals surface area (Å²) in [5.74, 6) is 1.46. The molecule has 1 saturated heterocycles. The van der Waals surface area contributed by atoms with Crippen LogP contribution in [-0.4, -0.2) is 76.0 Å². The quantitative estimate of drug-likeness (QED) is 0.629. The van der Waals surface area contributed by atoms with Crippen molar-refractivity contribution < 1.29 is 9.59 Å². The third-order valence-electron chi connectivity index (χ3n) is 7.32. The number of nitrogens with one attached hydrogen (secondary N) is 3. The van der Waals surface area contributed by atoms with Crippen molar-refractivity contribution in [1.29, 1.82) is 0 Å². The van der Waals surface area contributed by atoms with Gasteiger partial charge < -0.3 is 20.9 Å². The summed E-state index contributed by atoms with van der Waals surface area (Å²) in [5, 5.41) is 10.7. The van der Waals surface area contributed by atoms with E-state index in [2.05, 4.69) is 20.9 Å². The van der Waals surface area contributed by atoms with E-state index in [0.29, 0.717) is 44.6 Å². The van der Waals surface area contributed by atoms with Crippen molar-refractivity contribution in [2.75, 3.05) is 31.5 Å². The first-order valence-corrected chi connectivity index (χ1v) is 12.6. The van der Waals surface area contributed by atoms with Gasteiger partial charge in [0.15, 0.2) is 0 Å². The summed E-state index contributed by atoms with van der Waals surface area (Å²) in [6.45, 7) is 7.05. The van der Waals surface area contributed by atoms with Crippen LogP contribution in [-0.2, 0) is 11.3 Å². The average molecular weight is 466 g/mol. The fraction of sp³-hybridized carbons (Fsp3) is 0.600. The van der Waals surface area contributed by atoms with E-state index in [1.807, 2.05) is 43.0 Å². The van der Waals surface area contributed by atoms with Gasteiger partial charge in [-0.05, 0) is 30.9 Å². The summed E-state index contributed by atoms with van der Waals surface area (Å²) >= 11 is 0. The monoisotopic (exact) mass is 465 g/mol. The van der Waals surface area contributed by atoms with Crippen LogP contribution in [0.1, 0.15) is 45.4 Å². The number of fused-ring (bicyclic) bond motifs is 5. The van der Waals surface area contributed by atoms with Crippen molar-refractivity contribution in [2.24, 2.45) is 5.92 Å². The minimum atomic E-state index is -0.414. The molecule has 3 N–H and O–H groups in total. The summed E-state index contributed by atoms with van der Waals surface area (Å²) < 4.78 is 0. The van der Waals surface area contributed by atoms with Gasteiger partial charge in [-0.15, -0.1) is 0 Å². The number of urea groups is 1. The van der Waals surface area contributed by atoms with Gasteiger partial charge in [0.1, 0.15) is 17.7 Å². The fourth-order valence-corrected chi connectivity index (χ4v) is 5.31. The van der Waals surface area contributed by atoms with Crippen molar-refractivity contribution >= 4 is 28.7 Å². The lowest BCUT2D eigenvalue weighted by Gasteiger charge is -2.41. The highest BCUT2D eigenvalue weighted by Crippen LogP contribution is 2.24. The summed E-state index contributed by atoms with van der Waals surface area (Å²) in [7, 11) is 0. The number of anilines is 1. The van der Waals surface area contributed by atoms with E-state index in [0.717, 1.165) is 29.6 Å². The number of aromatic nitrogens is 2. The second-order valence-electron chi connectivity index (χ2n) is 10.1. The van der Waals surface area contributed by atoms with Crippen LogP contribution in [0.25, 0.3) is 10.9 Å². The van der Waals surface area contributed by atoms with E-state index in [9.17, 15) is 9.59 Å². The van der Waals surface area contributed by atoms with E-state index in [1.165, 1.54) is 12.8 Å². The Morgan fingerprint density at radius 2 is 1.94 bits per heavy atom. The molecular formula is C25H35N7O2. The Balaban J connectivity index is 1.41. The van der Waals surface area contributed by atoms with Gasteiger partial charge in [0, 0.05) is 43.6 Å². The van der Waals surface area contributed by atoms with Crippen LogP contribution in [0.5, 0.6) is 0 Å². The zero-order valence-corrected chi connectivity index (χ0v) is 20.1. The Hall–Kier alpha value is -2.94. The summed E-state index contributed by atoms with van der Waals surface area (Å²) in [6.07, 6.45) is 4.51. The molecule has 0 spiro atoms. The Labute approximate surface area is 200 Å². The third kappa shape index (κ3) is 4.80. The molecule has 1 aliphatic carbocycles. The smallest absolute Gasteiger partial charge is 0.317 e. The SMILES string of the molecule is CC(C)[C@@H]1Nc2nc(nc3ccccc23)CN2CCN(C(=O)NC3CCCC3)CC2CNC1=O. The van der Waals surface area contributed by atoms with Gasteiger partial charge in [-0.3, -0.25) is 9.69 Å². The lowest BCUT2D eigenvalue weighted by molar-refractivity contribution is -0.123. The zero-order chi connectivity index (χ0) is 23.7. The summed E-state index contributed by atoms with van der Waals surface area (Å²) in [5.41, 5.74) is 0.864. The Bertz CT molecular complexity index is 1050. The number of carbonyl (C=O) groups excluding carboxylic acids is 2. The van der Waals surface area contributed by atoms with E-state index < -0.39 is 6.04 Å². The van der Waals surface area contributed by atoms with E-state index in [4.69, 9.17) is 9.97 Å². The molecule has 9 nitrogen and oxygen atoms in total. The highest BCUT2D eigenvalue weighted by Gasteiger charge is 2.33. The van der Waals surface area contributed by atoms with E-state index in [-0.39, 0.29) is 23.9 Å². The van der Waals surface area contributed by atoms with E-state index >= 15 is 0 Å². The van der Waals surface area contributed by atoms with Gasteiger partial charge in [0.05, 0.1) is 12.1 Å². The largest absolute Gasteiger partial charge is 0.358 e. The summed E-state index contributed by atoms with van der Waals surface area (Å²) in [4.78, 5) is 40.0. The van der Waals surface area contributed by atoms with Crippen molar-refractivity contribution in [3.05, 3.63) is 30.1 Å². The minimum Gasteiger partial charge on any atom is -0.358 e. The molecule has 9 heteroatoms. The predicted octanol–water partition coefficient (Wildman–Crippen LogP) is 2.33. The maximum atomic E-state index is 13.2. The van der Waals surface area contributed by atoms with Gasteiger partial charge >= 0.3 is 6.03 Å². The molecule has 0 radical (unpaired) electrons. The van der Waals surface area contributed by atoms with Crippen LogP contribution >= 0.6 is 0 Å². The Morgan fingerprint density at radius 1 is 1.15 bits per heavy atom. The molecular weight excluding hydrogens is 430 g/mol. The van der Waals surface area contributed by atoms with Crippen molar-refractivity contribution in [2.45, 2.75) is 64.2 Å². The first kappa shape index (κ1) is 22.8. The van der Waals surface area contributed by atoms with E-state index in [1.54, 1.807) is 0 Å². The number of hydrogen-bond donors (Lipinski definition) is 3. The van der Waals surface area contributed by atoms with Crippen molar-refractivity contribution in [3.63, 3.8) is 0 Å². The van der Waals surface area contributed by atoms with Gasteiger partial charge in [0.2, 0.25) is 5.91 Å². The minimum absolute atomic E-state index is 0.00328. The maximum absolute atomic E-state index is 13.2. The Kier molecular flexibility index (Phi) is 6.54. The standard InChI is InChI=1S/C25H35N7O2/c1-16(2)22-24(33)26-13-18-14-32(25(34)27-17-7-3-4-8-17)12-11-31(18)15-21-28-20-10-6-5-9-19(20)23(29-21)30-22/h5-6,9-10,16-18,22H,3-4,7-8,11-15H2,1-2H3,(H,26,33)(H,27,34)(H,28,29,30)/t18?,22-/m0/s1. The third-order valence-corrected chi connectivity index (χ3v) is 7.32. The second-order valence-corrected chi connectivity index (χ2v) is 10.1. The van der Waals surface area contributed by atoms with Crippen molar-refractivity contribution in [1.82, 2.24) is 30.4 Å². The van der Waals surface area contributed by atoms with Gasteiger partial charge in [0.25, 0.3) is 0 Å². The predicted molar refractivity (Wildman–Crippen MR) is 131 cm³/mol. The lowest BCUT2D eigenvalue weighted by atomic mass is 10.0. The van der Waals surface area contributed by atoms with Gasteiger partial charge in [-0.1, -0.05) is 38.8 Å². The molecule has 182 valence electrons. The highest BCUT2D eigenvalue weighted by atomic mass is 16.2.